The molecule has 3 aromatic carbocycles. The van der Waals surface area contributed by atoms with E-state index in [1.807, 2.05) is 13.8 Å². The van der Waals surface area contributed by atoms with Crippen LogP contribution in [-0.2, 0) is 4.57 Å². The summed E-state index contributed by atoms with van der Waals surface area (Å²) < 4.78 is 36.7. The molecule has 0 saturated heterocycles. The molecular formula is C27H29O7P. The van der Waals surface area contributed by atoms with Crippen LogP contribution in [0.1, 0.15) is 37.4 Å². The molecule has 3 rings (SSSR count). The van der Waals surface area contributed by atoms with Crippen LogP contribution in [0.25, 0.3) is 0 Å². The molecule has 0 aromatic heterocycles. The number of hydrogen-bond donors (Lipinski definition) is 0. The zero-order valence-electron chi connectivity index (χ0n) is 20.9. The Bertz CT molecular complexity index is 1230. The van der Waals surface area contributed by atoms with Crippen LogP contribution in [0.5, 0.6) is 23.0 Å². The largest absolute Gasteiger partial charge is 0.496 e. The standard InChI is InChI=1S/C27H29O7P/c1-16-14-15-23(18(3)17(16)2)35(30,26(28)24-19(31-4)10-8-11-20(24)32-5)27(29)25-21(33-6)12-9-13-22(25)34-7/h8-15H,1-7H3. The smallest absolute Gasteiger partial charge is 0.249 e. The first-order valence-corrected chi connectivity index (χ1v) is 12.6. The minimum atomic E-state index is -4.54. The van der Waals surface area contributed by atoms with Crippen LogP contribution in [0.3, 0.4) is 0 Å². The predicted molar refractivity (Wildman–Crippen MR) is 136 cm³/mol. The highest BCUT2D eigenvalue weighted by Crippen LogP contribution is 2.56. The number of carbonyl (C=O) groups is 2. The van der Waals surface area contributed by atoms with Crippen molar-refractivity contribution in [1.29, 1.82) is 0 Å². The number of hydrogen-bond acceptors (Lipinski definition) is 7. The zero-order valence-corrected chi connectivity index (χ0v) is 21.8. The number of benzene rings is 3. The number of carbonyl (C=O) groups excluding carboxylic acids is 2. The van der Waals surface area contributed by atoms with Gasteiger partial charge in [0.2, 0.25) is 18.2 Å². The molecule has 35 heavy (non-hydrogen) atoms. The second kappa shape index (κ2) is 10.4. The van der Waals surface area contributed by atoms with Crippen molar-refractivity contribution in [3.8, 4) is 23.0 Å². The minimum Gasteiger partial charge on any atom is -0.496 e. The Kier molecular flexibility index (Phi) is 7.71. The molecule has 184 valence electrons. The van der Waals surface area contributed by atoms with Crippen LogP contribution in [0.4, 0.5) is 0 Å². The highest BCUT2D eigenvalue weighted by molar-refractivity contribution is 8.01. The van der Waals surface area contributed by atoms with Gasteiger partial charge >= 0.3 is 0 Å². The molecule has 0 bridgehead atoms. The molecule has 8 heteroatoms. The van der Waals surface area contributed by atoms with Crippen LogP contribution in [0, 0.1) is 20.8 Å². The summed E-state index contributed by atoms with van der Waals surface area (Å²) in [4.78, 5) is 28.5. The molecular weight excluding hydrogens is 467 g/mol. The molecule has 0 atom stereocenters. The normalized spacial score (nSPS) is 11.1. The van der Waals surface area contributed by atoms with Crippen LogP contribution >= 0.6 is 7.14 Å². The summed E-state index contributed by atoms with van der Waals surface area (Å²) >= 11 is 0. The van der Waals surface area contributed by atoms with E-state index in [4.69, 9.17) is 18.9 Å². The van der Waals surface area contributed by atoms with Crippen molar-refractivity contribution >= 4 is 23.5 Å². The molecule has 0 aliphatic heterocycles. The van der Waals surface area contributed by atoms with E-state index in [0.29, 0.717) is 5.56 Å². The quantitative estimate of drug-likeness (QED) is 0.371. The summed E-state index contributed by atoms with van der Waals surface area (Å²) in [5, 5.41) is 0.150. The van der Waals surface area contributed by atoms with Crippen molar-refractivity contribution in [3.63, 3.8) is 0 Å². The van der Waals surface area contributed by atoms with Crippen LogP contribution < -0.4 is 24.3 Å². The van der Waals surface area contributed by atoms with Gasteiger partial charge in [-0.15, -0.1) is 0 Å². The Morgan fingerprint density at radius 2 is 0.971 bits per heavy atom. The minimum absolute atomic E-state index is 0.0688. The summed E-state index contributed by atoms with van der Waals surface area (Å²) in [7, 11) is 1.03. The lowest BCUT2D eigenvalue weighted by molar-refractivity contribution is 0.103. The maximum atomic E-state index is 15.1. The zero-order chi connectivity index (χ0) is 25.9. The predicted octanol–water partition coefficient (Wildman–Crippen LogP) is 5.32. The van der Waals surface area contributed by atoms with E-state index >= 15 is 4.57 Å². The van der Waals surface area contributed by atoms with Crippen molar-refractivity contribution < 1.29 is 33.1 Å². The lowest BCUT2D eigenvalue weighted by Crippen LogP contribution is -2.24. The van der Waals surface area contributed by atoms with Gasteiger partial charge in [0, 0.05) is 5.30 Å². The fourth-order valence-corrected chi connectivity index (χ4v) is 6.65. The number of ether oxygens (including phenoxy) is 4. The van der Waals surface area contributed by atoms with Gasteiger partial charge in [0.1, 0.15) is 34.1 Å². The van der Waals surface area contributed by atoms with E-state index in [-0.39, 0.29) is 39.4 Å². The van der Waals surface area contributed by atoms with Crippen LogP contribution in [0.2, 0.25) is 0 Å². The molecule has 0 unspecified atom stereocenters. The average molecular weight is 496 g/mol. The topological polar surface area (TPSA) is 88.1 Å². The van der Waals surface area contributed by atoms with Gasteiger partial charge in [-0.05, 0) is 61.7 Å². The van der Waals surface area contributed by atoms with E-state index < -0.39 is 18.2 Å². The van der Waals surface area contributed by atoms with Gasteiger partial charge in [0.05, 0.1) is 28.4 Å². The van der Waals surface area contributed by atoms with Gasteiger partial charge in [0.25, 0.3) is 0 Å². The van der Waals surface area contributed by atoms with Crippen LogP contribution in [-0.4, -0.2) is 39.5 Å². The first-order valence-electron chi connectivity index (χ1n) is 10.9. The number of aryl methyl sites for hydroxylation is 1. The van der Waals surface area contributed by atoms with Gasteiger partial charge in [0.15, 0.2) is 0 Å². The monoisotopic (exact) mass is 496 g/mol. The van der Waals surface area contributed by atoms with Gasteiger partial charge in [-0.1, -0.05) is 24.3 Å². The lowest BCUT2D eigenvalue weighted by Gasteiger charge is -2.23. The second-order valence-electron chi connectivity index (χ2n) is 7.95. The first-order chi connectivity index (χ1) is 16.7. The average Bonchev–Trinajstić information content (AvgIpc) is 2.89. The van der Waals surface area contributed by atoms with Crippen molar-refractivity contribution in [2.45, 2.75) is 20.8 Å². The molecule has 0 radical (unpaired) electrons. The summed E-state index contributed by atoms with van der Waals surface area (Å²) in [6.07, 6.45) is 0. The summed E-state index contributed by atoms with van der Waals surface area (Å²) in [6, 6.07) is 12.9. The highest BCUT2D eigenvalue weighted by atomic mass is 31.2. The van der Waals surface area contributed by atoms with Crippen molar-refractivity contribution in [2.24, 2.45) is 0 Å². The first kappa shape index (κ1) is 26.0. The summed E-state index contributed by atoms with van der Waals surface area (Å²) in [6.45, 7) is 5.53. The molecule has 3 aromatic rings. The molecule has 0 spiro atoms. The molecule has 0 amide bonds. The van der Waals surface area contributed by atoms with Crippen LogP contribution in [0.15, 0.2) is 48.5 Å². The second-order valence-corrected chi connectivity index (χ2v) is 10.5. The van der Waals surface area contributed by atoms with E-state index in [9.17, 15) is 9.59 Å². The SMILES string of the molecule is COc1cccc(OC)c1C(=O)P(=O)(C(=O)c1c(OC)cccc1OC)c1ccc(C)c(C)c1C. The van der Waals surface area contributed by atoms with E-state index in [1.165, 1.54) is 28.4 Å². The summed E-state index contributed by atoms with van der Waals surface area (Å²) in [5.41, 5.74) is 0.455. The van der Waals surface area contributed by atoms with Gasteiger partial charge in [-0.2, -0.15) is 0 Å². The maximum Gasteiger partial charge on any atom is 0.249 e. The van der Waals surface area contributed by atoms with E-state index in [1.54, 1.807) is 55.5 Å². The Morgan fingerprint density at radius 1 is 0.600 bits per heavy atom. The third kappa shape index (κ3) is 4.32. The van der Waals surface area contributed by atoms with E-state index in [0.717, 1.165) is 11.1 Å². The molecule has 7 nitrogen and oxygen atoms in total. The number of methoxy groups -OCH3 is 4. The maximum absolute atomic E-state index is 15.1. The molecule has 0 heterocycles. The third-order valence-electron chi connectivity index (χ3n) is 6.22. The van der Waals surface area contributed by atoms with Gasteiger partial charge in [-0.25, -0.2) is 0 Å². The molecule has 0 saturated carbocycles. The van der Waals surface area contributed by atoms with Crippen molar-refractivity contribution in [3.05, 3.63) is 76.3 Å². The third-order valence-corrected chi connectivity index (χ3v) is 8.98. The molecule has 0 aliphatic rings. The van der Waals surface area contributed by atoms with Crippen molar-refractivity contribution in [2.75, 3.05) is 28.4 Å². The van der Waals surface area contributed by atoms with Crippen molar-refractivity contribution in [1.82, 2.24) is 0 Å². The Morgan fingerprint density at radius 3 is 1.31 bits per heavy atom. The van der Waals surface area contributed by atoms with Gasteiger partial charge in [-0.3, -0.25) is 9.59 Å². The Labute approximate surface area is 205 Å². The van der Waals surface area contributed by atoms with Gasteiger partial charge < -0.3 is 23.5 Å². The fraction of sp³-hybridized carbons (Fsp3) is 0.259. The lowest BCUT2D eigenvalue weighted by atomic mass is 10.1. The fourth-order valence-electron chi connectivity index (χ4n) is 4.03. The molecule has 0 N–H and O–H groups in total. The molecule has 0 fully saturated rings. The summed E-state index contributed by atoms with van der Waals surface area (Å²) in [5.74, 6) is 0.596. The van der Waals surface area contributed by atoms with E-state index in [2.05, 4.69) is 0 Å². The number of rotatable bonds is 9. The highest BCUT2D eigenvalue weighted by Gasteiger charge is 2.48. The molecule has 0 aliphatic carbocycles. The Balaban J connectivity index is 2.45. The Hall–Kier alpha value is -3.57.